The normalized spacial score (nSPS) is 34.2. The molecule has 2 aliphatic carbocycles. The molecule has 0 bridgehead atoms. The van der Waals surface area contributed by atoms with Gasteiger partial charge in [-0.15, -0.1) is 11.8 Å². The summed E-state index contributed by atoms with van der Waals surface area (Å²) in [6.45, 7) is 6.32. The smallest absolute Gasteiger partial charge is 0.332 e. The summed E-state index contributed by atoms with van der Waals surface area (Å²) >= 11 is 1.46. The molecule has 2 heterocycles. The number of amides is 1. The van der Waals surface area contributed by atoms with Crippen LogP contribution < -0.4 is 5.32 Å². The first-order valence-electron chi connectivity index (χ1n) is 10.9. The number of allylic oxidation sites excluding steroid dienone is 3. The van der Waals surface area contributed by atoms with E-state index in [-0.39, 0.29) is 17.9 Å². The third kappa shape index (κ3) is 3.80. The highest BCUT2D eigenvalue weighted by molar-refractivity contribution is 8.04. The van der Waals surface area contributed by atoms with Crippen LogP contribution in [0, 0.1) is 5.92 Å². The van der Waals surface area contributed by atoms with Crippen LogP contribution in [0.3, 0.4) is 0 Å². The van der Waals surface area contributed by atoms with E-state index in [2.05, 4.69) is 11.4 Å². The number of thioether (sulfide) groups is 1. The number of ether oxygens (including phenoxy) is 1. The Hall–Kier alpha value is -1.56. The molecular weight excluding hydrogens is 384 g/mol. The Kier molecular flexibility index (Phi) is 5.43. The van der Waals surface area contributed by atoms with Crippen LogP contribution in [0.25, 0.3) is 0 Å². The second kappa shape index (κ2) is 7.60. The second-order valence-corrected chi connectivity index (χ2v) is 11.3. The highest BCUT2D eigenvalue weighted by Gasteiger charge is 2.65. The molecule has 0 radical (unpaired) electrons. The Labute approximate surface area is 177 Å². The zero-order chi connectivity index (χ0) is 20.7. The van der Waals surface area contributed by atoms with Gasteiger partial charge < -0.3 is 10.1 Å². The minimum atomic E-state index is -1.23. The van der Waals surface area contributed by atoms with Gasteiger partial charge in [-0.2, -0.15) is 0 Å². The molecule has 5 nitrogen and oxygen atoms in total. The van der Waals surface area contributed by atoms with Gasteiger partial charge in [-0.05, 0) is 58.4 Å². The number of nitrogens with one attached hydrogen (secondary N) is 1. The molecule has 0 aromatic carbocycles. The van der Waals surface area contributed by atoms with E-state index < -0.39 is 21.1 Å². The number of rotatable bonds is 3. The van der Waals surface area contributed by atoms with Gasteiger partial charge in [0.25, 0.3) is 0 Å². The fraction of sp³-hybridized carbons (Fsp3) is 0.696. The van der Waals surface area contributed by atoms with E-state index in [4.69, 9.17) is 9.73 Å². The van der Waals surface area contributed by atoms with Crippen LogP contribution >= 0.6 is 11.8 Å². The number of carbonyl (C=O) groups excluding carboxylic acids is 2. The first-order valence-corrected chi connectivity index (χ1v) is 11.7. The molecule has 29 heavy (non-hydrogen) atoms. The summed E-state index contributed by atoms with van der Waals surface area (Å²) in [7, 11) is 0. The van der Waals surface area contributed by atoms with Crippen LogP contribution in [0.2, 0.25) is 0 Å². The van der Waals surface area contributed by atoms with Crippen molar-refractivity contribution < 1.29 is 14.3 Å². The zero-order valence-electron chi connectivity index (χ0n) is 17.7. The van der Waals surface area contributed by atoms with Crippen molar-refractivity contribution in [2.24, 2.45) is 10.9 Å². The second-order valence-electron chi connectivity index (χ2n) is 9.71. The quantitative estimate of drug-likeness (QED) is 0.558. The fourth-order valence-corrected chi connectivity index (χ4v) is 6.89. The summed E-state index contributed by atoms with van der Waals surface area (Å²) in [4.78, 5) is 31.9. The maximum absolute atomic E-state index is 13.7. The maximum Gasteiger partial charge on any atom is 0.332 e. The molecule has 1 spiro atoms. The Balaban J connectivity index is 1.67. The molecule has 2 fully saturated rings. The fourth-order valence-electron chi connectivity index (χ4n) is 5.00. The van der Waals surface area contributed by atoms with E-state index in [1.165, 1.54) is 18.2 Å². The molecule has 3 atom stereocenters. The van der Waals surface area contributed by atoms with Gasteiger partial charge in [0.2, 0.25) is 5.91 Å². The highest BCUT2D eigenvalue weighted by atomic mass is 32.2. The summed E-state index contributed by atoms with van der Waals surface area (Å²) < 4.78 is 4.18. The van der Waals surface area contributed by atoms with Crippen molar-refractivity contribution in [1.82, 2.24) is 5.32 Å². The lowest BCUT2D eigenvalue weighted by Crippen LogP contribution is -2.54. The van der Waals surface area contributed by atoms with Gasteiger partial charge in [0.15, 0.2) is 4.75 Å². The van der Waals surface area contributed by atoms with Crippen LogP contribution in [-0.4, -0.2) is 45.3 Å². The minimum Gasteiger partial charge on any atom is -0.459 e. The van der Waals surface area contributed by atoms with Gasteiger partial charge in [0.05, 0.1) is 10.5 Å². The molecule has 2 aliphatic heterocycles. The van der Waals surface area contributed by atoms with Gasteiger partial charge in [-0.1, -0.05) is 37.5 Å². The van der Waals surface area contributed by atoms with Crippen molar-refractivity contribution in [3.05, 3.63) is 24.3 Å². The summed E-state index contributed by atoms with van der Waals surface area (Å²) in [6, 6.07) is 0.159. The molecule has 158 valence electrons. The lowest BCUT2D eigenvalue weighted by atomic mass is 9.76. The van der Waals surface area contributed by atoms with E-state index in [9.17, 15) is 9.59 Å². The predicted molar refractivity (Wildman–Crippen MR) is 117 cm³/mol. The monoisotopic (exact) mass is 416 g/mol. The lowest BCUT2D eigenvalue weighted by molar-refractivity contribution is -0.160. The number of hydrogen-bond donors (Lipinski definition) is 1. The van der Waals surface area contributed by atoms with E-state index >= 15 is 0 Å². The van der Waals surface area contributed by atoms with Crippen LogP contribution in [0.4, 0.5) is 0 Å². The average molecular weight is 417 g/mol. The molecule has 6 heteroatoms. The topological polar surface area (TPSA) is 67.8 Å². The molecule has 3 unspecified atom stereocenters. The standard InChI is InChI=1S/C23H32N2O3S/c1-21(2,3)28-20(27)23(19(26)25-17-9-5-4-6-10-17)15-16-12-14-24-18-11-7-8-13-22(16,18)29-23/h7-8,11,13,16-17H,4-6,9-10,12,14-15H2,1-3H3,(H,25,26). The van der Waals surface area contributed by atoms with Gasteiger partial charge in [-0.25, -0.2) is 4.79 Å². The van der Waals surface area contributed by atoms with Crippen LogP contribution in [-0.2, 0) is 14.3 Å². The predicted octanol–water partition coefficient (Wildman–Crippen LogP) is 3.98. The van der Waals surface area contributed by atoms with Crippen molar-refractivity contribution in [2.45, 2.75) is 86.9 Å². The van der Waals surface area contributed by atoms with E-state index in [1.54, 1.807) is 0 Å². The molecular formula is C23H32N2O3S. The molecule has 1 amide bonds. The van der Waals surface area contributed by atoms with Crippen molar-refractivity contribution in [2.75, 3.05) is 6.54 Å². The first-order chi connectivity index (χ1) is 13.8. The SMILES string of the molecule is CC(C)(C)OC(=O)C1(C(=O)NC2CCCCC2)CC2CCN=C3C=CC=CC32S1. The molecule has 4 rings (SSSR count). The molecule has 0 aromatic heterocycles. The van der Waals surface area contributed by atoms with Crippen LogP contribution in [0.15, 0.2) is 29.3 Å². The number of hydrogen-bond acceptors (Lipinski definition) is 5. The Morgan fingerprint density at radius 3 is 2.66 bits per heavy atom. The van der Waals surface area contributed by atoms with Crippen molar-refractivity contribution >= 4 is 29.4 Å². The summed E-state index contributed by atoms with van der Waals surface area (Å²) in [5, 5.41) is 3.23. The van der Waals surface area contributed by atoms with Crippen LogP contribution in [0.5, 0.6) is 0 Å². The van der Waals surface area contributed by atoms with Gasteiger partial charge in [0.1, 0.15) is 5.60 Å². The summed E-state index contributed by atoms with van der Waals surface area (Å²) in [6.07, 6.45) is 15.0. The van der Waals surface area contributed by atoms with Crippen LogP contribution in [0.1, 0.15) is 65.7 Å². The molecule has 4 aliphatic rings. The maximum atomic E-state index is 13.7. The van der Waals surface area contributed by atoms with E-state index in [0.717, 1.165) is 44.4 Å². The van der Waals surface area contributed by atoms with Gasteiger partial charge in [-0.3, -0.25) is 9.79 Å². The van der Waals surface area contributed by atoms with Crippen molar-refractivity contribution in [3.8, 4) is 0 Å². The Morgan fingerprint density at radius 2 is 1.93 bits per heavy atom. The van der Waals surface area contributed by atoms with Crippen molar-refractivity contribution in [3.63, 3.8) is 0 Å². The minimum absolute atomic E-state index is 0.159. The van der Waals surface area contributed by atoms with Crippen molar-refractivity contribution in [1.29, 1.82) is 0 Å². The molecule has 1 saturated heterocycles. The largest absolute Gasteiger partial charge is 0.459 e. The number of nitrogens with zero attached hydrogens (tertiary/aromatic N) is 1. The molecule has 1 N–H and O–H groups in total. The number of esters is 1. The lowest BCUT2D eigenvalue weighted by Gasteiger charge is -2.37. The van der Waals surface area contributed by atoms with Gasteiger partial charge >= 0.3 is 5.97 Å². The van der Waals surface area contributed by atoms with E-state index in [1.807, 2.05) is 39.0 Å². The zero-order valence-corrected chi connectivity index (χ0v) is 18.5. The average Bonchev–Trinajstić information content (AvgIpc) is 3.02. The Morgan fingerprint density at radius 1 is 1.17 bits per heavy atom. The molecule has 0 aromatic rings. The van der Waals surface area contributed by atoms with E-state index in [0.29, 0.717) is 6.42 Å². The summed E-state index contributed by atoms with van der Waals surface area (Å²) in [5.41, 5.74) is 0.345. The summed E-state index contributed by atoms with van der Waals surface area (Å²) in [5.74, 6) is -0.380. The third-order valence-corrected chi connectivity index (χ3v) is 8.27. The first kappa shape index (κ1) is 20.7. The van der Waals surface area contributed by atoms with Gasteiger partial charge in [0, 0.05) is 12.6 Å². The molecule has 1 saturated carbocycles. The number of carbonyl (C=O) groups is 2. The Bertz CT molecular complexity index is 775. The highest BCUT2D eigenvalue weighted by Crippen LogP contribution is 2.59. The number of aliphatic imine (C=N–C) groups is 1. The third-order valence-electron chi connectivity index (χ3n) is 6.39.